The zero-order valence-electron chi connectivity index (χ0n) is 27.5. The third-order valence-electron chi connectivity index (χ3n) is 9.52. The molecule has 10 rings (SSSR count). The first-order valence-electron chi connectivity index (χ1n) is 17.0. The molecule has 51 heavy (non-hydrogen) atoms. The number of aromatic nitrogens is 6. The van der Waals surface area contributed by atoms with Gasteiger partial charge in [0.05, 0.1) is 17.1 Å². The van der Waals surface area contributed by atoms with Crippen molar-refractivity contribution in [2.45, 2.75) is 0 Å². The van der Waals surface area contributed by atoms with Gasteiger partial charge in [0.25, 0.3) is 0 Å². The molecule has 0 saturated heterocycles. The second-order valence-corrected chi connectivity index (χ2v) is 12.7. The van der Waals surface area contributed by atoms with E-state index in [4.69, 9.17) is 15.3 Å². The van der Waals surface area contributed by atoms with Gasteiger partial charge in [-0.3, -0.25) is 0 Å². The molecule has 240 valence electrons. The standard InChI is InChI=1S/C45H30N6/c1-4-13-31(14-5-1)34-19-10-22-37(25-34)40-28-43-49(46-40)44-29-41(38-23-11-20-35(26-38)32-15-6-2-7-16-32)48-51(44)45-30-42(47-50(43)45)39-24-12-21-36(27-39)33-17-8-3-9-18-33/h1-30H. The zero-order valence-corrected chi connectivity index (χ0v) is 27.5. The zero-order chi connectivity index (χ0) is 33.7. The maximum atomic E-state index is 5.20. The molecule has 0 saturated carbocycles. The lowest BCUT2D eigenvalue weighted by Gasteiger charge is -2.03. The average molecular weight is 655 g/mol. The minimum Gasteiger partial charge on any atom is -0.196 e. The van der Waals surface area contributed by atoms with Crippen LogP contribution in [0.5, 0.6) is 0 Å². The highest BCUT2D eigenvalue weighted by atomic mass is 15.4. The summed E-state index contributed by atoms with van der Waals surface area (Å²) in [4.78, 5) is 0. The molecule has 0 bridgehead atoms. The molecular weight excluding hydrogens is 625 g/mol. The van der Waals surface area contributed by atoms with E-state index in [9.17, 15) is 0 Å². The van der Waals surface area contributed by atoms with Crippen LogP contribution in [0.25, 0.3) is 84.1 Å². The van der Waals surface area contributed by atoms with E-state index in [0.717, 1.165) is 67.4 Å². The minimum atomic E-state index is 0.854. The van der Waals surface area contributed by atoms with E-state index in [1.165, 1.54) is 16.7 Å². The first-order valence-corrected chi connectivity index (χ1v) is 17.0. The highest BCUT2D eigenvalue weighted by Crippen LogP contribution is 2.32. The Balaban J connectivity index is 1.17. The summed E-state index contributed by atoms with van der Waals surface area (Å²) < 4.78 is 5.89. The number of benzene rings is 6. The lowest BCUT2D eigenvalue weighted by Crippen LogP contribution is -2.04. The quantitative estimate of drug-likeness (QED) is 0.179. The molecule has 0 amide bonds. The Bertz CT molecular complexity index is 2440. The largest absolute Gasteiger partial charge is 0.196 e. The summed E-state index contributed by atoms with van der Waals surface area (Å²) in [6.45, 7) is 0. The molecule has 6 nitrogen and oxygen atoms in total. The van der Waals surface area contributed by atoms with Crippen molar-refractivity contribution in [1.82, 2.24) is 28.8 Å². The maximum Gasteiger partial charge on any atom is 0.162 e. The molecule has 0 aliphatic carbocycles. The lowest BCUT2D eigenvalue weighted by molar-refractivity contribution is 0.831. The topological polar surface area (TPSA) is 51.9 Å². The molecule has 0 atom stereocenters. The third kappa shape index (κ3) is 5.09. The van der Waals surface area contributed by atoms with Gasteiger partial charge in [0.1, 0.15) is 0 Å². The van der Waals surface area contributed by atoms with E-state index in [-0.39, 0.29) is 0 Å². The van der Waals surface area contributed by atoms with Gasteiger partial charge in [-0.25, -0.2) is 0 Å². The van der Waals surface area contributed by atoms with Crippen LogP contribution in [0.3, 0.4) is 0 Å². The van der Waals surface area contributed by atoms with Crippen molar-refractivity contribution in [2.24, 2.45) is 0 Å². The molecule has 6 heteroatoms. The molecule has 0 spiro atoms. The molecule has 4 aromatic heterocycles. The van der Waals surface area contributed by atoms with Crippen molar-refractivity contribution in [3.05, 3.63) is 182 Å². The van der Waals surface area contributed by atoms with Gasteiger partial charge in [0.2, 0.25) is 0 Å². The Kier molecular flexibility index (Phi) is 6.70. The molecular formula is C45H30N6. The van der Waals surface area contributed by atoms with Crippen LogP contribution in [0.2, 0.25) is 0 Å². The van der Waals surface area contributed by atoms with Gasteiger partial charge >= 0.3 is 0 Å². The van der Waals surface area contributed by atoms with Crippen molar-refractivity contribution in [2.75, 3.05) is 0 Å². The summed E-state index contributed by atoms with van der Waals surface area (Å²) >= 11 is 0. The van der Waals surface area contributed by atoms with Gasteiger partial charge in [-0.05, 0) is 51.6 Å². The predicted molar refractivity (Wildman–Crippen MR) is 205 cm³/mol. The summed E-state index contributed by atoms with van der Waals surface area (Å²) in [7, 11) is 0. The van der Waals surface area contributed by atoms with Crippen molar-refractivity contribution in [1.29, 1.82) is 0 Å². The maximum absolute atomic E-state index is 5.20. The minimum absolute atomic E-state index is 0.854. The fourth-order valence-corrected chi connectivity index (χ4v) is 6.96. The molecule has 4 heterocycles. The van der Waals surface area contributed by atoms with Crippen LogP contribution in [-0.4, -0.2) is 28.8 Å². The Morgan fingerprint density at radius 1 is 0.235 bits per heavy atom. The van der Waals surface area contributed by atoms with Crippen molar-refractivity contribution in [3.63, 3.8) is 0 Å². The summed E-state index contributed by atoms with van der Waals surface area (Å²) in [5.41, 5.74) is 15.2. The highest BCUT2D eigenvalue weighted by molar-refractivity contribution is 5.79. The molecule has 0 fully saturated rings. The molecule has 0 radical (unpaired) electrons. The summed E-state index contributed by atoms with van der Waals surface area (Å²) in [6, 6.07) is 63.3. The molecule has 6 aromatic carbocycles. The van der Waals surface area contributed by atoms with E-state index in [0.29, 0.717) is 0 Å². The Morgan fingerprint density at radius 2 is 0.490 bits per heavy atom. The van der Waals surface area contributed by atoms with Gasteiger partial charge in [-0.15, -0.1) is 0 Å². The van der Waals surface area contributed by atoms with Crippen LogP contribution in [-0.2, 0) is 0 Å². The normalized spacial score (nSPS) is 11.5. The van der Waals surface area contributed by atoms with Crippen molar-refractivity contribution >= 4 is 16.9 Å². The van der Waals surface area contributed by atoms with E-state index in [2.05, 4.69) is 164 Å². The van der Waals surface area contributed by atoms with Crippen LogP contribution in [0.4, 0.5) is 0 Å². The second-order valence-electron chi connectivity index (χ2n) is 12.7. The van der Waals surface area contributed by atoms with Gasteiger partial charge < -0.3 is 0 Å². The van der Waals surface area contributed by atoms with E-state index in [1.54, 1.807) is 0 Å². The first kappa shape index (κ1) is 28.9. The number of hydrogen-bond donors (Lipinski definition) is 0. The predicted octanol–water partition coefficient (Wildman–Crippen LogP) is 10.6. The monoisotopic (exact) mass is 654 g/mol. The fraction of sp³-hybridized carbons (Fsp3) is 0. The molecule has 0 N–H and O–H groups in total. The Morgan fingerprint density at radius 3 is 0.784 bits per heavy atom. The second kappa shape index (κ2) is 11.8. The third-order valence-corrected chi connectivity index (χ3v) is 9.52. The van der Waals surface area contributed by atoms with Crippen LogP contribution < -0.4 is 0 Å². The summed E-state index contributed by atoms with van der Waals surface area (Å²) in [5.74, 6) is 0. The summed E-state index contributed by atoms with van der Waals surface area (Å²) in [6.07, 6.45) is 0. The lowest BCUT2D eigenvalue weighted by atomic mass is 10.0. The summed E-state index contributed by atoms with van der Waals surface area (Å²) in [5, 5.41) is 15.6. The molecule has 10 aromatic rings. The molecule has 0 aliphatic rings. The smallest absolute Gasteiger partial charge is 0.162 e. The fourth-order valence-electron chi connectivity index (χ4n) is 6.96. The first-order chi connectivity index (χ1) is 25.2. The molecule has 0 unspecified atom stereocenters. The van der Waals surface area contributed by atoms with Crippen molar-refractivity contribution in [3.8, 4) is 67.2 Å². The van der Waals surface area contributed by atoms with Crippen LogP contribution >= 0.6 is 0 Å². The van der Waals surface area contributed by atoms with Crippen LogP contribution in [0.15, 0.2) is 182 Å². The number of hydrogen-bond acceptors (Lipinski definition) is 3. The van der Waals surface area contributed by atoms with Gasteiger partial charge in [-0.2, -0.15) is 28.8 Å². The van der Waals surface area contributed by atoms with Gasteiger partial charge in [0.15, 0.2) is 16.9 Å². The highest BCUT2D eigenvalue weighted by Gasteiger charge is 2.19. The van der Waals surface area contributed by atoms with Crippen LogP contribution in [0, 0.1) is 0 Å². The van der Waals surface area contributed by atoms with E-state index < -0.39 is 0 Å². The molecule has 0 aliphatic heterocycles. The van der Waals surface area contributed by atoms with E-state index >= 15 is 0 Å². The van der Waals surface area contributed by atoms with Gasteiger partial charge in [0, 0.05) is 34.9 Å². The van der Waals surface area contributed by atoms with Crippen molar-refractivity contribution < 1.29 is 0 Å². The van der Waals surface area contributed by atoms with Gasteiger partial charge in [-0.1, -0.05) is 146 Å². The Hall–Kier alpha value is -7.05. The Labute approximate surface area is 294 Å². The average Bonchev–Trinajstić information content (AvgIpc) is 3.97. The number of fused-ring (bicyclic) bond motifs is 6. The van der Waals surface area contributed by atoms with E-state index in [1.807, 2.05) is 31.7 Å². The number of rotatable bonds is 6. The SMILES string of the molecule is c1ccc(-c2cccc(-c3cc4n(n3)c3cc(-c5cccc(-c6ccccc6)c5)nn3c3cc(-c5cccc(-c6ccccc6)c5)nn43)c2)cc1. The number of nitrogens with zero attached hydrogens (tertiary/aromatic N) is 6. The van der Waals surface area contributed by atoms with Crippen LogP contribution in [0.1, 0.15) is 0 Å².